The molecule has 106 valence electrons. The lowest BCUT2D eigenvalue weighted by Gasteiger charge is -2.12. The number of benzene rings is 1. The summed E-state index contributed by atoms with van der Waals surface area (Å²) in [4.78, 5) is 11.7. The monoisotopic (exact) mass is 265 g/mol. The van der Waals surface area contributed by atoms with Crippen LogP contribution in [-0.4, -0.2) is 26.2 Å². The van der Waals surface area contributed by atoms with E-state index in [4.69, 9.17) is 9.47 Å². The zero-order chi connectivity index (χ0) is 14.3. The van der Waals surface area contributed by atoms with Crippen LogP contribution in [0.5, 0.6) is 11.5 Å². The van der Waals surface area contributed by atoms with Gasteiger partial charge in [-0.15, -0.1) is 0 Å². The Morgan fingerprint density at radius 3 is 2.26 bits per heavy atom. The van der Waals surface area contributed by atoms with Gasteiger partial charge in [0.1, 0.15) is 11.5 Å². The Morgan fingerprint density at radius 1 is 1.21 bits per heavy atom. The molecule has 1 aromatic rings. The molecule has 4 heteroatoms. The summed E-state index contributed by atoms with van der Waals surface area (Å²) in [6, 6.07) is 5.91. The Balaban J connectivity index is 2.59. The summed E-state index contributed by atoms with van der Waals surface area (Å²) in [6.45, 7) is 4.06. The Kier molecular flexibility index (Phi) is 6.19. The van der Waals surface area contributed by atoms with Crippen LogP contribution in [0.4, 0.5) is 0 Å². The number of amides is 1. The lowest BCUT2D eigenvalue weighted by Crippen LogP contribution is -2.32. The predicted molar refractivity (Wildman–Crippen MR) is 75.8 cm³/mol. The summed E-state index contributed by atoms with van der Waals surface area (Å²) in [7, 11) is 3.24. The average Bonchev–Trinajstić information content (AvgIpc) is 2.44. The van der Waals surface area contributed by atoms with Crippen molar-refractivity contribution in [1.82, 2.24) is 5.32 Å². The number of hydrogen-bond donors (Lipinski definition) is 1. The van der Waals surface area contributed by atoms with Gasteiger partial charge in [-0.3, -0.25) is 4.79 Å². The Labute approximate surface area is 115 Å². The second-order valence-corrected chi connectivity index (χ2v) is 4.60. The van der Waals surface area contributed by atoms with Crippen molar-refractivity contribution in [2.24, 2.45) is 0 Å². The van der Waals surface area contributed by atoms with Crippen molar-refractivity contribution >= 4 is 5.91 Å². The van der Waals surface area contributed by atoms with Gasteiger partial charge in [0.2, 0.25) is 5.91 Å². The van der Waals surface area contributed by atoms with Crippen LogP contribution in [0.15, 0.2) is 18.2 Å². The molecule has 4 nitrogen and oxygen atoms in total. The zero-order valence-corrected chi connectivity index (χ0v) is 12.2. The highest BCUT2D eigenvalue weighted by molar-refractivity contribution is 5.76. The molecule has 0 aliphatic rings. The highest BCUT2D eigenvalue weighted by Crippen LogP contribution is 2.23. The lowest BCUT2D eigenvalue weighted by atomic mass is 10.1. The van der Waals surface area contributed by atoms with E-state index in [2.05, 4.69) is 12.2 Å². The van der Waals surface area contributed by atoms with Gasteiger partial charge in [0, 0.05) is 18.5 Å². The number of hydrogen-bond acceptors (Lipinski definition) is 3. The summed E-state index contributed by atoms with van der Waals surface area (Å²) in [5.74, 6) is 1.57. The Hall–Kier alpha value is -1.71. The van der Waals surface area contributed by atoms with Crippen LogP contribution in [0, 0.1) is 0 Å². The van der Waals surface area contributed by atoms with Crippen molar-refractivity contribution in [1.29, 1.82) is 0 Å². The summed E-state index contributed by atoms with van der Waals surface area (Å²) in [5, 5.41) is 2.96. The molecule has 1 N–H and O–H groups in total. The minimum atomic E-state index is 0.0798. The Bertz CT molecular complexity index is 396. The van der Waals surface area contributed by atoms with E-state index in [0.29, 0.717) is 12.8 Å². The quantitative estimate of drug-likeness (QED) is 0.824. The third-order valence-corrected chi connectivity index (χ3v) is 3.07. The minimum Gasteiger partial charge on any atom is -0.497 e. The second-order valence-electron chi connectivity index (χ2n) is 4.60. The molecule has 0 saturated heterocycles. The van der Waals surface area contributed by atoms with E-state index in [1.165, 1.54) is 0 Å². The van der Waals surface area contributed by atoms with Crippen LogP contribution in [0.25, 0.3) is 0 Å². The van der Waals surface area contributed by atoms with Crippen molar-refractivity contribution < 1.29 is 14.3 Å². The molecule has 0 aliphatic carbocycles. The molecule has 1 aromatic carbocycles. The molecule has 1 unspecified atom stereocenters. The number of methoxy groups -OCH3 is 2. The van der Waals surface area contributed by atoms with E-state index in [0.717, 1.165) is 23.5 Å². The van der Waals surface area contributed by atoms with Gasteiger partial charge in [-0.25, -0.2) is 0 Å². The van der Waals surface area contributed by atoms with E-state index < -0.39 is 0 Å². The molecule has 0 bridgehead atoms. The number of nitrogens with one attached hydrogen (secondary N) is 1. The van der Waals surface area contributed by atoms with Crippen molar-refractivity contribution in [3.63, 3.8) is 0 Å². The maximum atomic E-state index is 11.7. The Morgan fingerprint density at radius 2 is 1.79 bits per heavy atom. The van der Waals surface area contributed by atoms with E-state index >= 15 is 0 Å². The molecular weight excluding hydrogens is 242 g/mol. The molecule has 0 aliphatic heterocycles. The van der Waals surface area contributed by atoms with Gasteiger partial charge in [0.25, 0.3) is 0 Å². The van der Waals surface area contributed by atoms with Gasteiger partial charge in [-0.2, -0.15) is 0 Å². The molecule has 0 fully saturated rings. The first-order valence-electron chi connectivity index (χ1n) is 6.60. The van der Waals surface area contributed by atoms with Gasteiger partial charge in [-0.1, -0.05) is 6.92 Å². The summed E-state index contributed by atoms with van der Waals surface area (Å²) < 4.78 is 10.4. The third-order valence-electron chi connectivity index (χ3n) is 3.07. The SMILES string of the molecule is CCC(C)NC(=O)CCc1cc(OC)cc(OC)c1. The van der Waals surface area contributed by atoms with Crippen molar-refractivity contribution in [2.75, 3.05) is 14.2 Å². The fourth-order valence-corrected chi connectivity index (χ4v) is 1.72. The second kappa shape index (κ2) is 7.67. The van der Waals surface area contributed by atoms with Crippen molar-refractivity contribution in [3.05, 3.63) is 23.8 Å². The summed E-state index contributed by atoms with van der Waals surface area (Å²) in [5.41, 5.74) is 1.04. The first-order chi connectivity index (χ1) is 9.08. The highest BCUT2D eigenvalue weighted by Gasteiger charge is 2.07. The van der Waals surface area contributed by atoms with E-state index in [-0.39, 0.29) is 11.9 Å². The highest BCUT2D eigenvalue weighted by atomic mass is 16.5. The number of aryl methyl sites for hydroxylation is 1. The standard InChI is InChI=1S/C15H23NO3/c1-5-11(2)16-15(17)7-6-12-8-13(18-3)10-14(9-12)19-4/h8-11H,5-7H2,1-4H3,(H,16,17). The first-order valence-corrected chi connectivity index (χ1v) is 6.60. The maximum absolute atomic E-state index is 11.7. The fraction of sp³-hybridized carbons (Fsp3) is 0.533. The molecule has 0 saturated carbocycles. The van der Waals surface area contributed by atoms with Gasteiger partial charge >= 0.3 is 0 Å². The van der Waals surface area contributed by atoms with Crippen LogP contribution in [0.3, 0.4) is 0 Å². The number of rotatable bonds is 7. The van der Waals surface area contributed by atoms with Crippen molar-refractivity contribution in [3.8, 4) is 11.5 Å². The van der Waals surface area contributed by atoms with Crippen LogP contribution >= 0.6 is 0 Å². The van der Waals surface area contributed by atoms with Gasteiger partial charge in [0.05, 0.1) is 14.2 Å². The van der Waals surface area contributed by atoms with E-state index in [1.54, 1.807) is 14.2 Å². The molecule has 0 radical (unpaired) electrons. The number of ether oxygens (including phenoxy) is 2. The van der Waals surface area contributed by atoms with Crippen LogP contribution < -0.4 is 14.8 Å². The molecule has 0 aromatic heterocycles. The maximum Gasteiger partial charge on any atom is 0.220 e. The topological polar surface area (TPSA) is 47.6 Å². The van der Waals surface area contributed by atoms with Gasteiger partial charge < -0.3 is 14.8 Å². The molecule has 1 atom stereocenters. The van der Waals surface area contributed by atoms with Crippen LogP contribution in [0.1, 0.15) is 32.3 Å². The number of carbonyl (C=O) groups excluding carboxylic acids is 1. The van der Waals surface area contributed by atoms with E-state index in [9.17, 15) is 4.79 Å². The van der Waals surface area contributed by atoms with Crippen LogP contribution in [0.2, 0.25) is 0 Å². The van der Waals surface area contributed by atoms with E-state index in [1.807, 2.05) is 25.1 Å². The fourth-order valence-electron chi connectivity index (χ4n) is 1.72. The summed E-state index contributed by atoms with van der Waals surface area (Å²) in [6.07, 6.45) is 2.09. The summed E-state index contributed by atoms with van der Waals surface area (Å²) >= 11 is 0. The molecule has 0 spiro atoms. The van der Waals surface area contributed by atoms with Gasteiger partial charge in [-0.05, 0) is 37.5 Å². The normalized spacial score (nSPS) is 11.8. The molecule has 19 heavy (non-hydrogen) atoms. The minimum absolute atomic E-state index is 0.0798. The molecule has 0 heterocycles. The molecule has 1 rings (SSSR count). The first kappa shape index (κ1) is 15.3. The zero-order valence-electron chi connectivity index (χ0n) is 12.2. The third kappa shape index (κ3) is 5.20. The largest absolute Gasteiger partial charge is 0.497 e. The lowest BCUT2D eigenvalue weighted by molar-refractivity contribution is -0.121. The molecular formula is C15H23NO3. The predicted octanol–water partition coefficient (Wildman–Crippen LogP) is 2.55. The molecule has 1 amide bonds. The number of carbonyl (C=O) groups is 1. The smallest absolute Gasteiger partial charge is 0.220 e. The van der Waals surface area contributed by atoms with Gasteiger partial charge in [0.15, 0.2) is 0 Å². The van der Waals surface area contributed by atoms with Crippen LogP contribution in [-0.2, 0) is 11.2 Å². The average molecular weight is 265 g/mol. The van der Waals surface area contributed by atoms with Crippen molar-refractivity contribution in [2.45, 2.75) is 39.2 Å².